The van der Waals surface area contributed by atoms with E-state index in [0.717, 1.165) is 0 Å². The first-order valence-corrected chi connectivity index (χ1v) is 2.74. The topological polar surface area (TPSA) is 66.9 Å². The fourth-order valence-electron chi connectivity index (χ4n) is 0.411. The van der Waals surface area contributed by atoms with E-state index in [0.29, 0.717) is 12.8 Å². The molecular formula is C6H9N2O. The zero-order valence-corrected chi connectivity index (χ0v) is 5.13. The van der Waals surface area contributed by atoms with Gasteiger partial charge in [-0.2, -0.15) is 5.26 Å². The number of carbonyl (C=O) groups excluding carboxylic acids is 1. The molecule has 0 aromatic carbocycles. The van der Waals surface area contributed by atoms with Gasteiger partial charge in [0.15, 0.2) is 0 Å². The standard InChI is InChI=1S/C6H9N2O/c7-5-3-1-2-4-6(8)9/h2H,1,3-4H2,(H2,8,9). The van der Waals surface area contributed by atoms with Gasteiger partial charge in [-0.15, -0.1) is 0 Å². The van der Waals surface area contributed by atoms with Gasteiger partial charge in [0.1, 0.15) is 0 Å². The van der Waals surface area contributed by atoms with E-state index in [4.69, 9.17) is 11.0 Å². The van der Waals surface area contributed by atoms with E-state index in [1.165, 1.54) is 0 Å². The lowest BCUT2D eigenvalue weighted by molar-refractivity contribution is -0.117. The summed E-state index contributed by atoms with van der Waals surface area (Å²) in [5, 5.41) is 8.05. The maximum atomic E-state index is 10.1. The van der Waals surface area contributed by atoms with E-state index in [9.17, 15) is 4.79 Å². The average molecular weight is 125 g/mol. The van der Waals surface area contributed by atoms with Crippen molar-refractivity contribution in [1.29, 1.82) is 5.26 Å². The molecule has 0 saturated heterocycles. The molecular weight excluding hydrogens is 116 g/mol. The fourth-order valence-corrected chi connectivity index (χ4v) is 0.411. The average Bonchev–Trinajstić information content (AvgIpc) is 1.80. The highest BCUT2D eigenvalue weighted by Gasteiger charge is 1.92. The lowest BCUT2D eigenvalue weighted by Gasteiger charge is -1.89. The monoisotopic (exact) mass is 125 g/mol. The molecule has 0 heterocycles. The molecule has 0 saturated carbocycles. The molecule has 0 aromatic heterocycles. The lowest BCUT2D eigenvalue weighted by Crippen LogP contribution is -2.09. The Bertz CT molecular complexity index is 126. The van der Waals surface area contributed by atoms with Crippen LogP contribution >= 0.6 is 0 Å². The van der Waals surface area contributed by atoms with Crippen molar-refractivity contribution in [3.63, 3.8) is 0 Å². The maximum absolute atomic E-state index is 10.1. The lowest BCUT2D eigenvalue weighted by atomic mass is 10.2. The summed E-state index contributed by atoms with van der Waals surface area (Å²) in [4.78, 5) is 10.1. The van der Waals surface area contributed by atoms with Gasteiger partial charge in [-0.05, 0) is 12.8 Å². The predicted molar refractivity (Wildman–Crippen MR) is 33.0 cm³/mol. The molecule has 1 radical (unpaired) electrons. The zero-order valence-electron chi connectivity index (χ0n) is 5.13. The molecule has 2 N–H and O–H groups in total. The quantitative estimate of drug-likeness (QED) is 0.551. The van der Waals surface area contributed by atoms with Crippen LogP contribution in [-0.4, -0.2) is 5.91 Å². The van der Waals surface area contributed by atoms with Gasteiger partial charge < -0.3 is 5.73 Å². The Balaban J connectivity index is 2.94. The molecule has 49 valence electrons. The molecule has 0 bridgehead atoms. The van der Waals surface area contributed by atoms with Crippen LogP contribution in [0, 0.1) is 17.8 Å². The van der Waals surface area contributed by atoms with Crippen LogP contribution in [0.2, 0.25) is 0 Å². The first kappa shape index (κ1) is 7.96. The van der Waals surface area contributed by atoms with E-state index in [1.54, 1.807) is 6.42 Å². The van der Waals surface area contributed by atoms with Gasteiger partial charge in [-0.3, -0.25) is 4.79 Å². The van der Waals surface area contributed by atoms with Crippen LogP contribution in [0.3, 0.4) is 0 Å². The smallest absolute Gasteiger partial charge is 0.217 e. The summed E-state index contributed by atoms with van der Waals surface area (Å²) in [7, 11) is 0. The highest BCUT2D eigenvalue weighted by molar-refractivity contribution is 5.74. The maximum Gasteiger partial charge on any atom is 0.217 e. The minimum atomic E-state index is -0.340. The molecule has 0 fully saturated rings. The number of primary amides is 1. The fraction of sp³-hybridized carbons (Fsp3) is 0.500. The third-order valence-corrected chi connectivity index (χ3v) is 0.806. The van der Waals surface area contributed by atoms with Crippen molar-refractivity contribution in [3.05, 3.63) is 6.42 Å². The van der Waals surface area contributed by atoms with Crippen molar-refractivity contribution >= 4 is 5.91 Å². The molecule has 0 aliphatic rings. The van der Waals surface area contributed by atoms with Gasteiger partial charge in [0.05, 0.1) is 6.07 Å². The van der Waals surface area contributed by atoms with Crippen molar-refractivity contribution in [3.8, 4) is 6.07 Å². The van der Waals surface area contributed by atoms with Crippen molar-refractivity contribution in [1.82, 2.24) is 0 Å². The first-order chi connectivity index (χ1) is 4.27. The second-order valence-electron chi connectivity index (χ2n) is 1.66. The molecule has 9 heavy (non-hydrogen) atoms. The Hall–Kier alpha value is -1.04. The molecule has 1 amide bonds. The van der Waals surface area contributed by atoms with Gasteiger partial charge >= 0.3 is 0 Å². The molecule has 0 aliphatic heterocycles. The third kappa shape index (κ3) is 6.96. The van der Waals surface area contributed by atoms with Crippen LogP contribution < -0.4 is 5.73 Å². The van der Waals surface area contributed by atoms with Gasteiger partial charge in [0, 0.05) is 12.8 Å². The number of unbranched alkanes of at least 4 members (excludes halogenated alkanes) is 2. The van der Waals surface area contributed by atoms with E-state index >= 15 is 0 Å². The van der Waals surface area contributed by atoms with Crippen molar-refractivity contribution in [2.45, 2.75) is 19.3 Å². The normalized spacial score (nSPS) is 8.33. The second kappa shape index (κ2) is 5.10. The van der Waals surface area contributed by atoms with Gasteiger partial charge in [-0.25, -0.2) is 0 Å². The summed E-state index contributed by atoms with van der Waals surface area (Å²) in [6.45, 7) is 0. The number of amides is 1. The summed E-state index contributed by atoms with van der Waals surface area (Å²) >= 11 is 0. The summed E-state index contributed by atoms with van der Waals surface area (Å²) in [6, 6.07) is 1.96. The highest BCUT2D eigenvalue weighted by Crippen LogP contribution is 1.94. The highest BCUT2D eigenvalue weighted by atomic mass is 16.1. The summed E-state index contributed by atoms with van der Waals surface area (Å²) in [5.41, 5.74) is 4.82. The molecule has 0 unspecified atom stereocenters. The van der Waals surface area contributed by atoms with Crippen LogP contribution in [0.15, 0.2) is 0 Å². The summed E-state index contributed by atoms with van der Waals surface area (Å²) < 4.78 is 0. The van der Waals surface area contributed by atoms with Crippen LogP contribution in [0.4, 0.5) is 0 Å². The minimum Gasteiger partial charge on any atom is -0.370 e. The number of nitrogens with zero attached hydrogens (tertiary/aromatic N) is 1. The SMILES string of the molecule is N#CCC[CH]CC(N)=O. The van der Waals surface area contributed by atoms with Gasteiger partial charge in [0.2, 0.25) is 5.91 Å². The molecule has 3 heteroatoms. The molecule has 0 aliphatic carbocycles. The van der Waals surface area contributed by atoms with E-state index in [1.807, 2.05) is 6.07 Å². The van der Waals surface area contributed by atoms with Crippen LogP contribution in [0.25, 0.3) is 0 Å². The summed E-state index contributed by atoms with van der Waals surface area (Å²) in [6.07, 6.45) is 3.11. The Morgan fingerprint density at radius 3 is 2.89 bits per heavy atom. The number of carbonyl (C=O) groups is 1. The minimum absolute atomic E-state index is 0.279. The molecule has 0 atom stereocenters. The molecule has 0 rings (SSSR count). The Kier molecular flexibility index (Phi) is 4.51. The number of nitrogens with two attached hydrogens (primary N) is 1. The largest absolute Gasteiger partial charge is 0.370 e. The van der Waals surface area contributed by atoms with Crippen molar-refractivity contribution in [2.24, 2.45) is 5.73 Å². The molecule has 0 aromatic rings. The third-order valence-electron chi connectivity index (χ3n) is 0.806. The van der Waals surface area contributed by atoms with Gasteiger partial charge in [0.25, 0.3) is 0 Å². The van der Waals surface area contributed by atoms with Crippen molar-refractivity contribution in [2.75, 3.05) is 0 Å². The summed E-state index contributed by atoms with van der Waals surface area (Å²) in [5.74, 6) is -0.340. The molecule has 0 spiro atoms. The second-order valence-corrected chi connectivity index (χ2v) is 1.66. The first-order valence-electron chi connectivity index (χ1n) is 2.74. The van der Waals surface area contributed by atoms with E-state index in [-0.39, 0.29) is 12.3 Å². The molecule has 3 nitrogen and oxygen atoms in total. The van der Waals surface area contributed by atoms with Crippen LogP contribution in [-0.2, 0) is 4.79 Å². The number of hydrogen-bond acceptors (Lipinski definition) is 2. The van der Waals surface area contributed by atoms with Crippen molar-refractivity contribution < 1.29 is 4.79 Å². The number of rotatable bonds is 4. The van der Waals surface area contributed by atoms with E-state index in [2.05, 4.69) is 0 Å². The predicted octanol–water partition coefficient (Wildman–Crippen LogP) is 0.370. The van der Waals surface area contributed by atoms with Crippen LogP contribution in [0.5, 0.6) is 0 Å². The zero-order chi connectivity index (χ0) is 7.11. The van der Waals surface area contributed by atoms with Crippen LogP contribution in [0.1, 0.15) is 19.3 Å². The number of hydrogen-bond donors (Lipinski definition) is 1. The number of nitriles is 1. The van der Waals surface area contributed by atoms with E-state index < -0.39 is 0 Å². The Morgan fingerprint density at radius 2 is 2.44 bits per heavy atom. The Morgan fingerprint density at radius 1 is 1.78 bits per heavy atom. The Labute approximate surface area is 54.5 Å². The van der Waals surface area contributed by atoms with Gasteiger partial charge in [-0.1, -0.05) is 0 Å².